The maximum absolute atomic E-state index is 12.8. The van der Waals surface area contributed by atoms with E-state index in [0.717, 1.165) is 39.5 Å². The van der Waals surface area contributed by atoms with Gasteiger partial charge in [-0.3, -0.25) is 14.9 Å². The first-order chi connectivity index (χ1) is 12.5. The van der Waals surface area contributed by atoms with Crippen LogP contribution in [0, 0.1) is 20.8 Å². The summed E-state index contributed by atoms with van der Waals surface area (Å²) in [4.78, 5) is 24.8. The van der Waals surface area contributed by atoms with Crippen molar-refractivity contribution >= 4 is 22.9 Å². The van der Waals surface area contributed by atoms with Crippen LogP contribution in [0.5, 0.6) is 0 Å². The lowest BCUT2D eigenvalue weighted by molar-refractivity contribution is 0.834. The molecule has 2 heterocycles. The maximum atomic E-state index is 12.8. The van der Waals surface area contributed by atoms with Crippen molar-refractivity contribution in [2.45, 2.75) is 20.8 Å². The van der Waals surface area contributed by atoms with Crippen LogP contribution in [0.3, 0.4) is 0 Å². The van der Waals surface area contributed by atoms with Crippen LogP contribution in [0.1, 0.15) is 22.6 Å². The van der Waals surface area contributed by atoms with Crippen LogP contribution in [-0.2, 0) is 0 Å². The van der Waals surface area contributed by atoms with Gasteiger partial charge in [-0.2, -0.15) is 0 Å². The van der Waals surface area contributed by atoms with Gasteiger partial charge in [0, 0.05) is 11.9 Å². The standard InChI is InChI=1S/C20H19N5O/c1-12-5-4-6-16(9-12)25-20(26)17(13(2)24-25)11-21-15-7-8-18-19(10-15)23-14(3)22-18/h4-11,24H,1-3H3,(H,22,23). The fourth-order valence-electron chi connectivity index (χ4n) is 3.01. The van der Waals surface area contributed by atoms with E-state index in [1.54, 1.807) is 10.9 Å². The van der Waals surface area contributed by atoms with E-state index in [2.05, 4.69) is 20.1 Å². The Morgan fingerprint density at radius 2 is 1.96 bits per heavy atom. The minimum atomic E-state index is -0.115. The summed E-state index contributed by atoms with van der Waals surface area (Å²) < 4.78 is 1.55. The number of nitrogens with zero attached hydrogens (tertiary/aromatic N) is 3. The molecule has 2 N–H and O–H groups in total. The van der Waals surface area contributed by atoms with Crippen molar-refractivity contribution in [1.29, 1.82) is 0 Å². The minimum absolute atomic E-state index is 0.115. The highest BCUT2D eigenvalue weighted by Gasteiger charge is 2.11. The summed E-state index contributed by atoms with van der Waals surface area (Å²) in [5, 5.41) is 3.12. The Hall–Kier alpha value is -3.41. The number of H-pyrrole nitrogens is 2. The number of aromatic nitrogens is 4. The number of fused-ring (bicyclic) bond motifs is 1. The SMILES string of the molecule is Cc1cccc(-n2[nH]c(C)c(C=Nc3ccc4nc(C)[nH]c4c3)c2=O)c1. The molecule has 0 fully saturated rings. The number of aromatic amines is 2. The van der Waals surface area contributed by atoms with Crippen molar-refractivity contribution in [3.8, 4) is 5.69 Å². The van der Waals surface area contributed by atoms with Crippen LogP contribution < -0.4 is 5.56 Å². The zero-order valence-electron chi connectivity index (χ0n) is 14.9. The molecule has 4 rings (SSSR count). The summed E-state index contributed by atoms with van der Waals surface area (Å²) in [5.74, 6) is 0.864. The second-order valence-corrected chi connectivity index (χ2v) is 6.41. The van der Waals surface area contributed by atoms with Crippen molar-refractivity contribution in [2.24, 2.45) is 4.99 Å². The second kappa shape index (κ2) is 6.15. The third-order valence-electron chi connectivity index (χ3n) is 4.30. The van der Waals surface area contributed by atoms with Crippen LogP contribution in [0.15, 0.2) is 52.3 Å². The number of hydrogen-bond donors (Lipinski definition) is 2. The van der Waals surface area contributed by atoms with Gasteiger partial charge in [0.05, 0.1) is 28.0 Å². The van der Waals surface area contributed by atoms with Gasteiger partial charge in [-0.25, -0.2) is 9.67 Å². The van der Waals surface area contributed by atoms with Crippen LogP contribution in [-0.4, -0.2) is 26.0 Å². The van der Waals surface area contributed by atoms with Gasteiger partial charge in [0.1, 0.15) is 5.82 Å². The number of imidazole rings is 1. The third kappa shape index (κ3) is 2.86. The lowest BCUT2D eigenvalue weighted by atomic mass is 10.2. The Balaban J connectivity index is 1.71. The number of benzene rings is 2. The molecule has 0 radical (unpaired) electrons. The molecule has 6 heteroatoms. The zero-order chi connectivity index (χ0) is 18.3. The first-order valence-corrected chi connectivity index (χ1v) is 8.40. The van der Waals surface area contributed by atoms with Crippen LogP contribution in [0.25, 0.3) is 16.7 Å². The van der Waals surface area contributed by atoms with Crippen LogP contribution in [0.2, 0.25) is 0 Å². The first kappa shape index (κ1) is 16.1. The van der Waals surface area contributed by atoms with Crippen LogP contribution in [0.4, 0.5) is 5.69 Å². The highest BCUT2D eigenvalue weighted by molar-refractivity contribution is 5.85. The molecule has 4 aromatic rings. The van der Waals surface area contributed by atoms with E-state index in [0.29, 0.717) is 5.56 Å². The highest BCUT2D eigenvalue weighted by atomic mass is 16.1. The Morgan fingerprint density at radius 1 is 1.12 bits per heavy atom. The predicted octanol–water partition coefficient (Wildman–Crippen LogP) is 3.72. The second-order valence-electron chi connectivity index (χ2n) is 6.41. The average molecular weight is 345 g/mol. The largest absolute Gasteiger partial charge is 0.342 e. The number of nitrogens with one attached hydrogen (secondary N) is 2. The summed E-state index contributed by atoms with van der Waals surface area (Å²) in [6.07, 6.45) is 1.62. The molecule has 2 aromatic carbocycles. The van der Waals surface area contributed by atoms with Gasteiger partial charge >= 0.3 is 0 Å². The van der Waals surface area contributed by atoms with Crippen molar-refractivity contribution in [3.63, 3.8) is 0 Å². The van der Waals surface area contributed by atoms with Crippen molar-refractivity contribution < 1.29 is 0 Å². The van der Waals surface area contributed by atoms with Gasteiger partial charge < -0.3 is 4.98 Å². The van der Waals surface area contributed by atoms with E-state index >= 15 is 0 Å². The van der Waals surface area contributed by atoms with Gasteiger partial charge in [-0.05, 0) is 56.7 Å². The molecule has 0 aliphatic rings. The molecule has 0 amide bonds. The summed E-state index contributed by atoms with van der Waals surface area (Å²) in [7, 11) is 0. The minimum Gasteiger partial charge on any atom is -0.342 e. The molecule has 130 valence electrons. The summed E-state index contributed by atoms with van der Waals surface area (Å²) in [6.45, 7) is 5.79. The Kier molecular flexibility index (Phi) is 3.80. The molecule has 0 saturated carbocycles. The maximum Gasteiger partial charge on any atom is 0.280 e. The molecule has 0 aliphatic carbocycles. The highest BCUT2D eigenvalue weighted by Crippen LogP contribution is 2.19. The normalized spacial score (nSPS) is 11.7. The fourth-order valence-corrected chi connectivity index (χ4v) is 3.01. The zero-order valence-corrected chi connectivity index (χ0v) is 14.9. The predicted molar refractivity (Wildman–Crippen MR) is 104 cm³/mol. The lowest BCUT2D eigenvalue weighted by Crippen LogP contribution is -2.17. The molecule has 6 nitrogen and oxygen atoms in total. The van der Waals surface area contributed by atoms with Gasteiger partial charge in [-0.1, -0.05) is 12.1 Å². The van der Waals surface area contributed by atoms with Crippen LogP contribution >= 0.6 is 0 Å². The Morgan fingerprint density at radius 3 is 2.77 bits per heavy atom. The molecule has 0 aliphatic heterocycles. The van der Waals surface area contributed by atoms with Gasteiger partial charge in [0.15, 0.2) is 0 Å². The van der Waals surface area contributed by atoms with E-state index in [-0.39, 0.29) is 5.56 Å². The molecule has 2 aromatic heterocycles. The molecule has 26 heavy (non-hydrogen) atoms. The molecule has 0 unspecified atom stereocenters. The monoisotopic (exact) mass is 345 g/mol. The number of rotatable bonds is 3. The van der Waals surface area contributed by atoms with E-state index < -0.39 is 0 Å². The number of aliphatic imine (C=N–C) groups is 1. The lowest BCUT2D eigenvalue weighted by Gasteiger charge is -2.02. The molecule has 0 atom stereocenters. The fraction of sp³-hybridized carbons (Fsp3) is 0.150. The quantitative estimate of drug-likeness (QED) is 0.555. The Bertz CT molecular complexity index is 1190. The van der Waals surface area contributed by atoms with Crippen molar-refractivity contribution in [3.05, 3.63) is 75.5 Å². The van der Waals surface area contributed by atoms with E-state index in [4.69, 9.17) is 0 Å². The van der Waals surface area contributed by atoms with E-state index in [1.165, 1.54) is 0 Å². The third-order valence-corrected chi connectivity index (χ3v) is 4.30. The summed E-state index contributed by atoms with van der Waals surface area (Å²) >= 11 is 0. The average Bonchev–Trinajstić information content (AvgIpc) is 3.11. The van der Waals surface area contributed by atoms with Gasteiger partial charge in [0.25, 0.3) is 5.56 Å². The summed E-state index contributed by atoms with van der Waals surface area (Å²) in [5.41, 5.74) is 5.72. The van der Waals surface area contributed by atoms with Crippen molar-refractivity contribution in [2.75, 3.05) is 0 Å². The first-order valence-electron chi connectivity index (χ1n) is 8.40. The topological polar surface area (TPSA) is 78.8 Å². The van der Waals surface area contributed by atoms with E-state index in [9.17, 15) is 4.79 Å². The Labute approximate surface area is 150 Å². The van der Waals surface area contributed by atoms with Crippen molar-refractivity contribution in [1.82, 2.24) is 19.7 Å². The van der Waals surface area contributed by atoms with E-state index in [1.807, 2.05) is 63.2 Å². The van der Waals surface area contributed by atoms with Gasteiger partial charge in [-0.15, -0.1) is 0 Å². The summed E-state index contributed by atoms with van der Waals surface area (Å²) in [6, 6.07) is 13.5. The van der Waals surface area contributed by atoms with Gasteiger partial charge in [0.2, 0.25) is 0 Å². The molecule has 0 spiro atoms. The molecular weight excluding hydrogens is 326 g/mol. The smallest absolute Gasteiger partial charge is 0.280 e. The number of aryl methyl sites for hydroxylation is 3. The molecule has 0 bridgehead atoms. The molecule has 0 saturated heterocycles. The number of hydrogen-bond acceptors (Lipinski definition) is 3. The molecular formula is C20H19N5O.